The second kappa shape index (κ2) is 5.90. The fourth-order valence-electron chi connectivity index (χ4n) is 2.86. The SMILES string of the molecule is Cc1cc(C(=O)Nc2ccccc2N2CCCC2)c(C)s1. The minimum absolute atomic E-state index is 0.0107. The van der Waals surface area contributed by atoms with E-state index in [9.17, 15) is 4.79 Å². The van der Waals surface area contributed by atoms with Gasteiger partial charge in [-0.05, 0) is 44.9 Å². The highest BCUT2D eigenvalue weighted by Gasteiger charge is 2.18. The van der Waals surface area contributed by atoms with E-state index in [0.717, 1.165) is 34.9 Å². The van der Waals surface area contributed by atoms with Crippen LogP contribution in [0.15, 0.2) is 30.3 Å². The second-order valence-corrected chi connectivity index (χ2v) is 6.95. The number of anilines is 2. The van der Waals surface area contributed by atoms with Gasteiger partial charge in [-0.2, -0.15) is 0 Å². The van der Waals surface area contributed by atoms with Crippen molar-refractivity contribution in [2.45, 2.75) is 26.7 Å². The average molecular weight is 300 g/mol. The molecule has 21 heavy (non-hydrogen) atoms. The summed E-state index contributed by atoms with van der Waals surface area (Å²) < 4.78 is 0. The van der Waals surface area contributed by atoms with E-state index in [2.05, 4.69) is 16.3 Å². The zero-order valence-corrected chi connectivity index (χ0v) is 13.3. The summed E-state index contributed by atoms with van der Waals surface area (Å²) in [7, 11) is 0. The first-order valence-corrected chi connectivity index (χ1v) is 8.19. The molecular formula is C17H20N2OS. The largest absolute Gasteiger partial charge is 0.370 e. The predicted octanol–water partition coefficient (Wildman–Crippen LogP) is 4.22. The molecule has 110 valence electrons. The molecule has 2 aromatic rings. The van der Waals surface area contributed by atoms with Gasteiger partial charge in [-0.15, -0.1) is 11.3 Å². The van der Waals surface area contributed by atoms with Crippen molar-refractivity contribution in [1.82, 2.24) is 0 Å². The molecule has 1 fully saturated rings. The van der Waals surface area contributed by atoms with Crippen LogP contribution in [0.25, 0.3) is 0 Å². The highest BCUT2D eigenvalue weighted by molar-refractivity contribution is 7.12. The highest BCUT2D eigenvalue weighted by atomic mass is 32.1. The Labute approximate surface area is 129 Å². The quantitative estimate of drug-likeness (QED) is 0.920. The Morgan fingerprint density at radius 3 is 2.57 bits per heavy atom. The van der Waals surface area contributed by atoms with Crippen LogP contribution in [0.2, 0.25) is 0 Å². The summed E-state index contributed by atoms with van der Waals surface area (Å²) in [5.41, 5.74) is 2.83. The molecule has 0 aliphatic carbocycles. The van der Waals surface area contributed by atoms with Crippen LogP contribution >= 0.6 is 11.3 Å². The van der Waals surface area contributed by atoms with Gasteiger partial charge >= 0.3 is 0 Å². The van der Waals surface area contributed by atoms with Crippen molar-refractivity contribution in [3.05, 3.63) is 45.6 Å². The number of para-hydroxylation sites is 2. The minimum atomic E-state index is -0.0107. The standard InChI is InChI=1S/C17H20N2OS/c1-12-11-14(13(2)21-12)17(20)18-15-7-3-4-8-16(15)19-9-5-6-10-19/h3-4,7-8,11H,5-6,9-10H2,1-2H3,(H,18,20). The van der Waals surface area contributed by atoms with Crippen molar-refractivity contribution in [2.75, 3.05) is 23.3 Å². The predicted molar refractivity (Wildman–Crippen MR) is 89.6 cm³/mol. The molecular weight excluding hydrogens is 280 g/mol. The Bertz CT molecular complexity index is 657. The molecule has 4 heteroatoms. The van der Waals surface area contributed by atoms with Crippen LogP contribution in [-0.4, -0.2) is 19.0 Å². The number of rotatable bonds is 3. The normalized spacial score (nSPS) is 14.5. The maximum Gasteiger partial charge on any atom is 0.256 e. The molecule has 1 N–H and O–H groups in total. The summed E-state index contributed by atoms with van der Waals surface area (Å²) in [5, 5.41) is 3.08. The first-order chi connectivity index (χ1) is 10.1. The number of thiophene rings is 1. The lowest BCUT2D eigenvalue weighted by Crippen LogP contribution is -2.21. The smallest absolute Gasteiger partial charge is 0.256 e. The van der Waals surface area contributed by atoms with Crippen molar-refractivity contribution in [1.29, 1.82) is 0 Å². The van der Waals surface area contributed by atoms with Crippen molar-refractivity contribution < 1.29 is 4.79 Å². The summed E-state index contributed by atoms with van der Waals surface area (Å²) in [4.78, 5) is 17.1. The van der Waals surface area contributed by atoms with E-state index in [0.29, 0.717) is 0 Å². The van der Waals surface area contributed by atoms with Crippen LogP contribution in [0.1, 0.15) is 33.0 Å². The van der Waals surface area contributed by atoms with Gasteiger partial charge in [-0.25, -0.2) is 0 Å². The molecule has 0 radical (unpaired) electrons. The molecule has 2 heterocycles. The lowest BCUT2D eigenvalue weighted by atomic mass is 10.2. The molecule has 1 aromatic heterocycles. The van der Waals surface area contributed by atoms with E-state index < -0.39 is 0 Å². The van der Waals surface area contributed by atoms with Crippen molar-refractivity contribution in [3.8, 4) is 0 Å². The Balaban J connectivity index is 1.84. The molecule has 0 spiro atoms. The number of benzene rings is 1. The summed E-state index contributed by atoms with van der Waals surface area (Å²) in [6.45, 7) is 6.18. The number of hydrogen-bond acceptors (Lipinski definition) is 3. The molecule has 0 bridgehead atoms. The molecule has 1 amide bonds. The minimum Gasteiger partial charge on any atom is -0.370 e. The zero-order chi connectivity index (χ0) is 14.8. The van der Waals surface area contributed by atoms with Gasteiger partial charge in [-0.3, -0.25) is 4.79 Å². The molecule has 1 aliphatic heterocycles. The van der Waals surface area contributed by atoms with E-state index in [1.165, 1.54) is 17.7 Å². The summed E-state index contributed by atoms with van der Waals surface area (Å²) in [6.07, 6.45) is 2.45. The number of hydrogen-bond donors (Lipinski definition) is 1. The van der Waals surface area contributed by atoms with Crippen LogP contribution in [-0.2, 0) is 0 Å². The third-order valence-corrected chi connectivity index (χ3v) is 4.85. The number of carbonyl (C=O) groups is 1. The van der Waals surface area contributed by atoms with Crippen LogP contribution in [0.5, 0.6) is 0 Å². The van der Waals surface area contributed by atoms with Gasteiger partial charge in [0.25, 0.3) is 5.91 Å². The molecule has 1 aromatic carbocycles. The topological polar surface area (TPSA) is 32.3 Å². The number of aryl methyl sites for hydroxylation is 2. The lowest BCUT2D eigenvalue weighted by Gasteiger charge is -2.21. The van der Waals surface area contributed by atoms with Crippen molar-refractivity contribution >= 4 is 28.6 Å². The van der Waals surface area contributed by atoms with Gasteiger partial charge in [0.1, 0.15) is 0 Å². The van der Waals surface area contributed by atoms with Gasteiger partial charge in [0.2, 0.25) is 0 Å². The first kappa shape index (κ1) is 14.1. The van der Waals surface area contributed by atoms with Crippen molar-refractivity contribution in [3.63, 3.8) is 0 Å². The van der Waals surface area contributed by atoms with Crippen LogP contribution < -0.4 is 10.2 Å². The van der Waals surface area contributed by atoms with Gasteiger partial charge in [0.15, 0.2) is 0 Å². The molecule has 1 aliphatic rings. The molecule has 0 atom stereocenters. The van der Waals surface area contributed by atoms with E-state index in [4.69, 9.17) is 0 Å². The zero-order valence-electron chi connectivity index (χ0n) is 12.5. The van der Waals surface area contributed by atoms with E-state index in [-0.39, 0.29) is 5.91 Å². The monoisotopic (exact) mass is 300 g/mol. The van der Waals surface area contributed by atoms with E-state index in [1.54, 1.807) is 11.3 Å². The third kappa shape index (κ3) is 2.95. The Hall–Kier alpha value is -1.81. The van der Waals surface area contributed by atoms with Crippen LogP contribution in [0.3, 0.4) is 0 Å². The van der Waals surface area contributed by atoms with Crippen LogP contribution in [0.4, 0.5) is 11.4 Å². The highest BCUT2D eigenvalue weighted by Crippen LogP contribution is 2.30. The maximum absolute atomic E-state index is 12.5. The summed E-state index contributed by atoms with van der Waals surface area (Å²) in [6, 6.07) is 10.0. The number of carbonyl (C=O) groups excluding carboxylic acids is 1. The Morgan fingerprint density at radius 1 is 1.19 bits per heavy atom. The first-order valence-electron chi connectivity index (χ1n) is 7.37. The number of nitrogens with zero attached hydrogens (tertiary/aromatic N) is 1. The number of amides is 1. The van der Waals surface area contributed by atoms with Crippen LogP contribution in [0, 0.1) is 13.8 Å². The summed E-state index contributed by atoms with van der Waals surface area (Å²) in [5.74, 6) is -0.0107. The molecule has 0 saturated carbocycles. The number of nitrogens with one attached hydrogen (secondary N) is 1. The maximum atomic E-state index is 12.5. The Kier molecular flexibility index (Phi) is 3.97. The lowest BCUT2D eigenvalue weighted by molar-refractivity contribution is 0.102. The van der Waals surface area contributed by atoms with Gasteiger partial charge in [0, 0.05) is 22.8 Å². The fraction of sp³-hybridized carbons (Fsp3) is 0.353. The fourth-order valence-corrected chi connectivity index (χ4v) is 3.78. The Morgan fingerprint density at radius 2 is 1.90 bits per heavy atom. The van der Waals surface area contributed by atoms with E-state index >= 15 is 0 Å². The van der Waals surface area contributed by atoms with Crippen molar-refractivity contribution in [2.24, 2.45) is 0 Å². The average Bonchev–Trinajstić information content (AvgIpc) is 3.09. The molecule has 3 nitrogen and oxygen atoms in total. The third-order valence-electron chi connectivity index (χ3n) is 3.88. The van der Waals surface area contributed by atoms with Gasteiger partial charge in [-0.1, -0.05) is 12.1 Å². The van der Waals surface area contributed by atoms with E-state index in [1.807, 2.05) is 38.1 Å². The summed E-state index contributed by atoms with van der Waals surface area (Å²) >= 11 is 1.67. The van der Waals surface area contributed by atoms with Gasteiger partial charge in [0.05, 0.1) is 16.9 Å². The molecule has 0 unspecified atom stereocenters. The second-order valence-electron chi connectivity index (χ2n) is 5.49. The van der Waals surface area contributed by atoms with Gasteiger partial charge < -0.3 is 10.2 Å². The molecule has 3 rings (SSSR count). The molecule has 1 saturated heterocycles.